The number of halogens is 1. The van der Waals surface area contributed by atoms with Gasteiger partial charge in [-0.1, -0.05) is 0 Å². The molecule has 1 N–H and O–H groups in total. The summed E-state index contributed by atoms with van der Waals surface area (Å²) in [6, 6.07) is 9.23. The van der Waals surface area contributed by atoms with E-state index in [2.05, 4.69) is 9.97 Å². The summed E-state index contributed by atoms with van der Waals surface area (Å²) in [5.41, 5.74) is 1.69. The minimum absolute atomic E-state index is 0.200. The SMILES string of the molecule is O=C(c1ccc(F)cc1)c1csc(-c2ccc[nH]2)n1. The summed E-state index contributed by atoms with van der Waals surface area (Å²) >= 11 is 1.40. The van der Waals surface area contributed by atoms with E-state index in [0.29, 0.717) is 11.3 Å². The van der Waals surface area contributed by atoms with Crippen LogP contribution in [0, 0.1) is 5.82 Å². The van der Waals surface area contributed by atoms with E-state index in [1.54, 1.807) is 11.6 Å². The van der Waals surface area contributed by atoms with Gasteiger partial charge < -0.3 is 4.98 Å². The third-order valence-corrected chi connectivity index (χ3v) is 3.55. The predicted molar refractivity (Wildman–Crippen MR) is 71.7 cm³/mol. The average Bonchev–Trinajstić information content (AvgIpc) is 3.10. The number of nitrogens with zero attached hydrogens (tertiary/aromatic N) is 1. The van der Waals surface area contributed by atoms with E-state index in [1.165, 1.54) is 35.6 Å². The second-order valence-corrected chi connectivity index (χ2v) is 4.82. The van der Waals surface area contributed by atoms with Gasteiger partial charge in [0.1, 0.15) is 16.5 Å². The zero-order valence-electron chi connectivity index (χ0n) is 9.76. The van der Waals surface area contributed by atoms with Gasteiger partial charge in [0.15, 0.2) is 0 Å². The second-order valence-electron chi connectivity index (χ2n) is 3.96. The van der Waals surface area contributed by atoms with Crippen molar-refractivity contribution in [3.63, 3.8) is 0 Å². The Hall–Kier alpha value is -2.27. The van der Waals surface area contributed by atoms with Crippen LogP contribution in [-0.2, 0) is 0 Å². The summed E-state index contributed by atoms with van der Waals surface area (Å²) in [5, 5.41) is 2.47. The number of carbonyl (C=O) groups excluding carboxylic acids is 1. The first-order valence-electron chi connectivity index (χ1n) is 5.63. The van der Waals surface area contributed by atoms with E-state index < -0.39 is 0 Å². The first-order valence-corrected chi connectivity index (χ1v) is 6.51. The van der Waals surface area contributed by atoms with Crippen LogP contribution >= 0.6 is 11.3 Å². The molecule has 3 nitrogen and oxygen atoms in total. The van der Waals surface area contributed by atoms with Crippen LogP contribution in [0.1, 0.15) is 16.1 Å². The maximum atomic E-state index is 12.8. The molecule has 0 saturated carbocycles. The van der Waals surface area contributed by atoms with Crippen molar-refractivity contribution in [3.8, 4) is 10.7 Å². The number of thiazole rings is 1. The fourth-order valence-electron chi connectivity index (χ4n) is 1.71. The van der Waals surface area contributed by atoms with Gasteiger partial charge in [-0.15, -0.1) is 11.3 Å². The van der Waals surface area contributed by atoms with Gasteiger partial charge in [-0.2, -0.15) is 0 Å². The lowest BCUT2D eigenvalue weighted by molar-refractivity contribution is 0.103. The minimum atomic E-state index is -0.359. The molecule has 3 rings (SSSR count). The number of benzene rings is 1. The van der Waals surface area contributed by atoms with Gasteiger partial charge in [-0.3, -0.25) is 4.79 Å². The standard InChI is InChI=1S/C14H9FN2OS/c15-10-5-3-9(4-6-10)13(18)12-8-19-14(17-12)11-2-1-7-16-11/h1-8,16H. The van der Waals surface area contributed by atoms with Gasteiger partial charge in [0.25, 0.3) is 0 Å². The summed E-state index contributed by atoms with van der Waals surface area (Å²) in [7, 11) is 0. The van der Waals surface area contributed by atoms with Gasteiger partial charge >= 0.3 is 0 Å². The molecule has 0 atom stereocenters. The number of hydrogen-bond acceptors (Lipinski definition) is 3. The molecule has 2 aromatic heterocycles. The lowest BCUT2D eigenvalue weighted by Gasteiger charge is -1.96. The molecule has 0 aliphatic rings. The van der Waals surface area contributed by atoms with Gasteiger partial charge in [-0.05, 0) is 36.4 Å². The summed E-state index contributed by atoms with van der Waals surface area (Å²) in [6.45, 7) is 0. The Morgan fingerprint density at radius 2 is 2.00 bits per heavy atom. The number of aromatic nitrogens is 2. The molecule has 0 amide bonds. The van der Waals surface area contributed by atoms with Crippen molar-refractivity contribution >= 4 is 17.1 Å². The lowest BCUT2D eigenvalue weighted by Crippen LogP contribution is -2.01. The number of carbonyl (C=O) groups is 1. The van der Waals surface area contributed by atoms with Crippen molar-refractivity contribution < 1.29 is 9.18 Å². The molecule has 1 aromatic carbocycles. The van der Waals surface area contributed by atoms with Crippen LogP contribution in [0.3, 0.4) is 0 Å². The number of H-pyrrole nitrogens is 1. The first-order chi connectivity index (χ1) is 9.24. The highest BCUT2D eigenvalue weighted by Gasteiger charge is 2.14. The maximum absolute atomic E-state index is 12.8. The lowest BCUT2D eigenvalue weighted by atomic mass is 10.1. The zero-order chi connectivity index (χ0) is 13.2. The van der Waals surface area contributed by atoms with Crippen molar-refractivity contribution in [2.45, 2.75) is 0 Å². The Bertz CT molecular complexity index is 701. The molecule has 0 unspecified atom stereocenters. The molecule has 5 heteroatoms. The Balaban J connectivity index is 1.90. The Labute approximate surface area is 112 Å². The monoisotopic (exact) mass is 272 g/mol. The van der Waals surface area contributed by atoms with Crippen LogP contribution in [0.25, 0.3) is 10.7 Å². The molecule has 0 aliphatic heterocycles. The highest BCUT2D eigenvalue weighted by molar-refractivity contribution is 7.13. The Kier molecular flexibility index (Phi) is 2.97. The van der Waals surface area contributed by atoms with Gasteiger partial charge in [0.05, 0.1) is 5.69 Å². The van der Waals surface area contributed by atoms with Crippen LogP contribution < -0.4 is 0 Å². The number of hydrogen-bond donors (Lipinski definition) is 1. The number of nitrogens with one attached hydrogen (secondary N) is 1. The van der Waals surface area contributed by atoms with Crippen LogP contribution in [0.4, 0.5) is 4.39 Å². The van der Waals surface area contributed by atoms with Gasteiger partial charge in [-0.25, -0.2) is 9.37 Å². The van der Waals surface area contributed by atoms with Crippen LogP contribution in [0.5, 0.6) is 0 Å². The van der Waals surface area contributed by atoms with E-state index >= 15 is 0 Å². The van der Waals surface area contributed by atoms with E-state index in [-0.39, 0.29) is 11.6 Å². The summed E-state index contributed by atoms with van der Waals surface area (Å²) < 4.78 is 12.8. The van der Waals surface area contributed by atoms with Crippen molar-refractivity contribution in [2.24, 2.45) is 0 Å². The van der Waals surface area contributed by atoms with E-state index in [4.69, 9.17) is 0 Å². The summed E-state index contributed by atoms with van der Waals surface area (Å²) in [4.78, 5) is 19.5. The largest absolute Gasteiger partial charge is 0.359 e. The smallest absolute Gasteiger partial charge is 0.212 e. The Morgan fingerprint density at radius 3 is 2.68 bits per heavy atom. The molecular weight excluding hydrogens is 263 g/mol. The fourth-order valence-corrected chi connectivity index (χ4v) is 2.50. The molecule has 0 aliphatic carbocycles. The summed E-state index contributed by atoms with van der Waals surface area (Å²) in [5.74, 6) is -0.559. The molecule has 0 spiro atoms. The second kappa shape index (κ2) is 4.78. The highest BCUT2D eigenvalue weighted by Crippen LogP contribution is 2.23. The third kappa shape index (κ3) is 2.32. The minimum Gasteiger partial charge on any atom is -0.359 e. The van der Waals surface area contributed by atoms with Crippen LogP contribution in [0.2, 0.25) is 0 Å². The van der Waals surface area contributed by atoms with Crippen LogP contribution in [0.15, 0.2) is 48.0 Å². The van der Waals surface area contributed by atoms with Crippen molar-refractivity contribution in [2.75, 3.05) is 0 Å². The topological polar surface area (TPSA) is 45.8 Å². The number of ketones is 1. The van der Waals surface area contributed by atoms with Gasteiger partial charge in [0, 0.05) is 17.1 Å². The maximum Gasteiger partial charge on any atom is 0.212 e. The van der Waals surface area contributed by atoms with Crippen molar-refractivity contribution in [1.29, 1.82) is 0 Å². The average molecular weight is 272 g/mol. The molecule has 19 heavy (non-hydrogen) atoms. The number of rotatable bonds is 3. The number of aromatic amines is 1. The normalized spacial score (nSPS) is 10.6. The molecule has 0 saturated heterocycles. The third-order valence-electron chi connectivity index (χ3n) is 2.67. The van der Waals surface area contributed by atoms with E-state index in [9.17, 15) is 9.18 Å². The molecule has 2 heterocycles. The first kappa shape index (κ1) is 11.8. The van der Waals surface area contributed by atoms with Gasteiger partial charge in [0.2, 0.25) is 5.78 Å². The predicted octanol–water partition coefficient (Wildman–Crippen LogP) is 3.51. The molecule has 0 radical (unpaired) electrons. The van der Waals surface area contributed by atoms with Crippen molar-refractivity contribution in [3.05, 3.63) is 65.0 Å². The molecule has 0 fully saturated rings. The quantitative estimate of drug-likeness (QED) is 0.742. The Morgan fingerprint density at radius 1 is 1.21 bits per heavy atom. The van der Waals surface area contributed by atoms with Crippen LogP contribution in [-0.4, -0.2) is 15.8 Å². The highest BCUT2D eigenvalue weighted by atomic mass is 32.1. The fraction of sp³-hybridized carbons (Fsp3) is 0. The van der Waals surface area contributed by atoms with Crippen molar-refractivity contribution in [1.82, 2.24) is 9.97 Å². The molecule has 94 valence electrons. The van der Waals surface area contributed by atoms with E-state index in [1.807, 2.05) is 12.1 Å². The molecular formula is C14H9FN2OS. The van der Waals surface area contributed by atoms with E-state index in [0.717, 1.165) is 10.7 Å². The zero-order valence-corrected chi connectivity index (χ0v) is 10.6. The molecule has 3 aromatic rings. The molecule has 0 bridgehead atoms. The summed E-state index contributed by atoms with van der Waals surface area (Å²) in [6.07, 6.45) is 1.80.